The minimum Gasteiger partial charge on any atom is -0.497 e. The predicted molar refractivity (Wildman–Crippen MR) is 121 cm³/mol. The maximum Gasteiger partial charge on any atom is 0.257 e. The Morgan fingerprint density at radius 1 is 1.10 bits per heavy atom. The molecule has 0 aliphatic carbocycles. The molecule has 1 saturated heterocycles. The van der Waals surface area contributed by atoms with Crippen LogP contribution in [0.2, 0.25) is 0 Å². The van der Waals surface area contributed by atoms with Crippen LogP contribution in [0.1, 0.15) is 10.4 Å². The van der Waals surface area contributed by atoms with E-state index in [-0.39, 0.29) is 5.91 Å². The van der Waals surface area contributed by atoms with E-state index in [1.165, 1.54) is 11.3 Å². The summed E-state index contributed by atoms with van der Waals surface area (Å²) in [5.41, 5.74) is 2.34. The number of benzene rings is 2. The Hall–Kier alpha value is -2.94. The van der Waals surface area contributed by atoms with E-state index in [4.69, 9.17) is 14.2 Å². The zero-order chi connectivity index (χ0) is 21.5. The first kappa shape index (κ1) is 21.3. The van der Waals surface area contributed by atoms with E-state index in [0.29, 0.717) is 17.3 Å². The quantitative estimate of drug-likeness (QED) is 0.576. The largest absolute Gasteiger partial charge is 0.497 e. The maximum atomic E-state index is 12.6. The van der Waals surface area contributed by atoms with E-state index in [9.17, 15) is 4.79 Å². The van der Waals surface area contributed by atoms with Crippen molar-refractivity contribution in [3.05, 3.63) is 59.5 Å². The highest BCUT2D eigenvalue weighted by Gasteiger charge is 2.12. The average molecular weight is 440 g/mol. The van der Waals surface area contributed by atoms with Crippen molar-refractivity contribution in [3.8, 4) is 22.8 Å². The summed E-state index contributed by atoms with van der Waals surface area (Å²) in [4.78, 5) is 19.4. The lowest BCUT2D eigenvalue weighted by molar-refractivity contribution is 0.0322. The van der Waals surface area contributed by atoms with Crippen molar-refractivity contribution in [2.75, 3.05) is 51.9 Å². The summed E-state index contributed by atoms with van der Waals surface area (Å²) in [6, 6.07) is 14.8. The molecule has 0 spiro atoms. The third-order valence-corrected chi connectivity index (χ3v) is 5.76. The standard InChI is InChI=1S/C23H25N3O4S/c1-28-19-6-2-17(3-7-19)21-16-31-23(24-21)25-22(27)18-4-8-20(9-5-18)30-15-12-26-10-13-29-14-11-26/h2-9,16H,10-15H2,1H3,(H,24,25,27). The highest BCUT2D eigenvalue weighted by atomic mass is 32.1. The highest BCUT2D eigenvalue weighted by Crippen LogP contribution is 2.27. The smallest absolute Gasteiger partial charge is 0.257 e. The number of thiazole rings is 1. The number of morpholine rings is 1. The summed E-state index contributed by atoms with van der Waals surface area (Å²) in [6.45, 7) is 4.93. The fraction of sp³-hybridized carbons (Fsp3) is 0.304. The Bertz CT molecular complexity index is 983. The molecule has 2 heterocycles. The monoisotopic (exact) mass is 439 g/mol. The van der Waals surface area contributed by atoms with Crippen LogP contribution in [0.25, 0.3) is 11.3 Å². The number of carbonyl (C=O) groups is 1. The van der Waals surface area contributed by atoms with E-state index in [2.05, 4.69) is 15.2 Å². The molecule has 4 rings (SSSR count). The van der Waals surface area contributed by atoms with E-state index >= 15 is 0 Å². The Morgan fingerprint density at radius 3 is 2.52 bits per heavy atom. The van der Waals surface area contributed by atoms with Gasteiger partial charge in [0.25, 0.3) is 5.91 Å². The molecule has 1 aliphatic rings. The number of anilines is 1. The van der Waals surface area contributed by atoms with Crippen LogP contribution < -0.4 is 14.8 Å². The third-order valence-electron chi connectivity index (χ3n) is 5.01. The van der Waals surface area contributed by atoms with Crippen molar-refractivity contribution >= 4 is 22.4 Å². The van der Waals surface area contributed by atoms with Crippen LogP contribution in [0, 0.1) is 0 Å². The summed E-state index contributed by atoms with van der Waals surface area (Å²) in [6.07, 6.45) is 0. The van der Waals surface area contributed by atoms with E-state index < -0.39 is 0 Å². The molecule has 0 bridgehead atoms. The van der Waals surface area contributed by atoms with Crippen LogP contribution in [0.3, 0.4) is 0 Å². The van der Waals surface area contributed by atoms with Gasteiger partial charge >= 0.3 is 0 Å². The number of carbonyl (C=O) groups excluding carboxylic acids is 1. The number of hydrogen-bond acceptors (Lipinski definition) is 7. The predicted octanol–water partition coefficient (Wildman–Crippen LogP) is 3.78. The van der Waals surface area contributed by atoms with Gasteiger partial charge in [-0.2, -0.15) is 0 Å². The molecule has 0 unspecified atom stereocenters. The van der Waals surface area contributed by atoms with Gasteiger partial charge in [-0.05, 0) is 48.5 Å². The summed E-state index contributed by atoms with van der Waals surface area (Å²) < 4.78 is 16.3. The Balaban J connectivity index is 1.28. The summed E-state index contributed by atoms with van der Waals surface area (Å²) in [7, 11) is 1.63. The number of aromatic nitrogens is 1. The molecule has 31 heavy (non-hydrogen) atoms. The normalized spacial score (nSPS) is 14.2. The molecule has 1 aromatic heterocycles. The van der Waals surface area contributed by atoms with Crippen molar-refractivity contribution in [1.29, 1.82) is 0 Å². The van der Waals surface area contributed by atoms with Crippen LogP contribution in [0.5, 0.6) is 11.5 Å². The average Bonchev–Trinajstić information content (AvgIpc) is 3.29. The number of amides is 1. The number of nitrogens with zero attached hydrogens (tertiary/aromatic N) is 2. The number of nitrogens with one attached hydrogen (secondary N) is 1. The van der Waals surface area contributed by atoms with Gasteiger partial charge in [0, 0.05) is 36.1 Å². The fourth-order valence-electron chi connectivity index (χ4n) is 3.21. The molecule has 1 N–H and O–H groups in total. The van der Waals surface area contributed by atoms with Crippen LogP contribution in [-0.4, -0.2) is 62.4 Å². The second-order valence-corrected chi connectivity index (χ2v) is 7.91. The van der Waals surface area contributed by atoms with Gasteiger partial charge in [-0.3, -0.25) is 15.0 Å². The molecule has 0 radical (unpaired) electrons. The second kappa shape index (κ2) is 10.4. The topological polar surface area (TPSA) is 72.9 Å². The van der Waals surface area contributed by atoms with E-state index in [0.717, 1.165) is 55.6 Å². The zero-order valence-electron chi connectivity index (χ0n) is 17.4. The van der Waals surface area contributed by atoms with E-state index in [1.807, 2.05) is 41.8 Å². The number of ether oxygens (including phenoxy) is 3. The molecule has 2 aromatic carbocycles. The number of hydrogen-bond donors (Lipinski definition) is 1. The molecule has 7 nitrogen and oxygen atoms in total. The first-order valence-corrected chi connectivity index (χ1v) is 11.0. The lowest BCUT2D eigenvalue weighted by Gasteiger charge is -2.26. The van der Waals surface area contributed by atoms with Gasteiger partial charge in [0.05, 0.1) is 26.0 Å². The fourth-order valence-corrected chi connectivity index (χ4v) is 3.93. The molecule has 162 valence electrons. The molecule has 0 saturated carbocycles. The molecular formula is C23H25N3O4S. The van der Waals surface area contributed by atoms with Crippen LogP contribution in [0.15, 0.2) is 53.9 Å². The molecule has 1 amide bonds. The number of rotatable bonds is 8. The SMILES string of the molecule is COc1ccc(-c2csc(NC(=O)c3ccc(OCCN4CCOCC4)cc3)n2)cc1. The second-order valence-electron chi connectivity index (χ2n) is 7.05. The van der Waals surface area contributed by atoms with Gasteiger partial charge in [0.1, 0.15) is 18.1 Å². The van der Waals surface area contributed by atoms with Gasteiger partial charge < -0.3 is 14.2 Å². The minimum absolute atomic E-state index is 0.199. The van der Waals surface area contributed by atoms with Gasteiger partial charge in [0.2, 0.25) is 0 Å². The molecule has 1 fully saturated rings. The Kier molecular flexibility index (Phi) is 7.14. The van der Waals surface area contributed by atoms with Crippen LogP contribution in [0.4, 0.5) is 5.13 Å². The molecule has 3 aromatic rings. The van der Waals surface area contributed by atoms with Gasteiger partial charge in [-0.15, -0.1) is 11.3 Å². The van der Waals surface area contributed by atoms with E-state index in [1.54, 1.807) is 19.2 Å². The zero-order valence-corrected chi connectivity index (χ0v) is 18.2. The van der Waals surface area contributed by atoms with Crippen molar-refractivity contribution in [1.82, 2.24) is 9.88 Å². The highest BCUT2D eigenvalue weighted by molar-refractivity contribution is 7.14. The molecule has 8 heteroatoms. The number of methoxy groups -OCH3 is 1. The van der Waals surface area contributed by atoms with Crippen molar-refractivity contribution in [3.63, 3.8) is 0 Å². The Labute approximate surface area is 185 Å². The van der Waals surface area contributed by atoms with Crippen molar-refractivity contribution in [2.24, 2.45) is 0 Å². The minimum atomic E-state index is -0.199. The summed E-state index contributed by atoms with van der Waals surface area (Å²) in [5, 5.41) is 5.34. The molecular weight excluding hydrogens is 414 g/mol. The summed E-state index contributed by atoms with van der Waals surface area (Å²) >= 11 is 1.39. The van der Waals surface area contributed by atoms with Crippen LogP contribution >= 0.6 is 11.3 Å². The Morgan fingerprint density at radius 2 is 1.81 bits per heavy atom. The first-order chi connectivity index (χ1) is 15.2. The first-order valence-electron chi connectivity index (χ1n) is 10.2. The summed E-state index contributed by atoms with van der Waals surface area (Å²) in [5.74, 6) is 1.34. The van der Waals surface area contributed by atoms with Crippen molar-refractivity contribution in [2.45, 2.75) is 0 Å². The van der Waals surface area contributed by atoms with Crippen LogP contribution in [-0.2, 0) is 4.74 Å². The van der Waals surface area contributed by atoms with Gasteiger partial charge in [0.15, 0.2) is 5.13 Å². The maximum absolute atomic E-state index is 12.6. The van der Waals surface area contributed by atoms with Gasteiger partial charge in [-0.25, -0.2) is 4.98 Å². The lowest BCUT2D eigenvalue weighted by atomic mass is 10.2. The van der Waals surface area contributed by atoms with Crippen molar-refractivity contribution < 1.29 is 19.0 Å². The van der Waals surface area contributed by atoms with Gasteiger partial charge in [-0.1, -0.05) is 0 Å². The third kappa shape index (κ3) is 5.81. The molecule has 0 atom stereocenters. The lowest BCUT2D eigenvalue weighted by Crippen LogP contribution is -2.38. The molecule has 1 aliphatic heterocycles.